The van der Waals surface area contributed by atoms with Gasteiger partial charge in [0, 0.05) is 45.8 Å². The van der Waals surface area contributed by atoms with Crippen LogP contribution in [0.2, 0.25) is 0 Å². The second kappa shape index (κ2) is 6.08. The van der Waals surface area contributed by atoms with Gasteiger partial charge in [-0.3, -0.25) is 0 Å². The Hall–Kier alpha value is -3.28. The zero-order valence-electron chi connectivity index (χ0n) is 13.3. The summed E-state index contributed by atoms with van der Waals surface area (Å²) in [6.45, 7) is 1.92. The quantitative estimate of drug-likeness (QED) is 0.344. The Labute approximate surface area is 138 Å². The highest BCUT2D eigenvalue weighted by atomic mass is 16.5. The van der Waals surface area contributed by atoms with E-state index in [0.29, 0.717) is 5.75 Å². The predicted octanol–water partition coefficient (Wildman–Crippen LogP) is 3.77. The molecule has 124 valence electrons. The first-order chi connectivity index (χ1) is 11.5. The summed E-state index contributed by atoms with van der Waals surface area (Å²) in [6.07, 6.45) is 1.82. The van der Waals surface area contributed by atoms with Crippen LogP contribution < -0.4 is 4.74 Å². The maximum atomic E-state index is 9.38. The van der Waals surface area contributed by atoms with Crippen LogP contribution in [0.5, 0.6) is 23.0 Å². The number of phenolic OH excluding ortho intramolecular Hbond substituents is 3. The van der Waals surface area contributed by atoms with Crippen LogP contribution in [0.25, 0.3) is 21.8 Å². The molecular formula is C18H18N2O4. The largest absolute Gasteiger partial charge is 0.504 e. The van der Waals surface area contributed by atoms with Crippen LogP contribution in [0.1, 0.15) is 5.69 Å². The molecule has 0 aliphatic heterocycles. The molecular weight excluding hydrogens is 308 g/mol. The number of aromatic nitrogens is 2. The Balaban J connectivity index is 0.000000141. The Morgan fingerprint density at radius 1 is 0.833 bits per heavy atom. The van der Waals surface area contributed by atoms with Crippen molar-refractivity contribution in [3.8, 4) is 23.0 Å². The van der Waals surface area contributed by atoms with Crippen LogP contribution in [0, 0.1) is 6.92 Å². The Morgan fingerprint density at radius 3 is 2.29 bits per heavy atom. The molecule has 0 saturated carbocycles. The smallest absolute Gasteiger partial charge is 0.161 e. The summed E-state index contributed by atoms with van der Waals surface area (Å²) in [4.78, 5) is 6.05. The first-order valence-electron chi connectivity index (χ1n) is 7.33. The molecule has 4 rings (SSSR count). The first kappa shape index (κ1) is 15.6. The fourth-order valence-corrected chi connectivity index (χ4v) is 2.53. The molecule has 0 bridgehead atoms. The summed E-state index contributed by atoms with van der Waals surface area (Å²) in [6, 6.07) is 10.3. The number of hydrogen-bond donors (Lipinski definition) is 5. The molecule has 0 saturated heterocycles. The van der Waals surface area contributed by atoms with E-state index in [1.807, 2.05) is 25.3 Å². The molecule has 0 spiro atoms. The third-order valence-corrected chi connectivity index (χ3v) is 3.70. The van der Waals surface area contributed by atoms with Crippen LogP contribution in [-0.2, 0) is 0 Å². The maximum Gasteiger partial charge on any atom is 0.161 e. The SMILES string of the molecule is COc1cc2cc[nH]c2cc1O.Cc1cc2cc(O)c(O)cc2[nH]1. The second-order valence-electron chi connectivity index (χ2n) is 5.47. The molecule has 4 aromatic rings. The van der Waals surface area contributed by atoms with Crippen molar-refractivity contribution >= 4 is 21.8 Å². The Bertz CT molecular complexity index is 962. The molecule has 0 amide bonds. The van der Waals surface area contributed by atoms with Crippen molar-refractivity contribution < 1.29 is 20.1 Å². The van der Waals surface area contributed by atoms with Gasteiger partial charge in [-0.25, -0.2) is 0 Å². The van der Waals surface area contributed by atoms with Gasteiger partial charge < -0.3 is 30.0 Å². The van der Waals surface area contributed by atoms with E-state index in [1.54, 1.807) is 12.1 Å². The molecule has 0 atom stereocenters. The van der Waals surface area contributed by atoms with E-state index in [-0.39, 0.29) is 17.2 Å². The van der Waals surface area contributed by atoms with Crippen LogP contribution in [0.15, 0.2) is 42.6 Å². The van der Waals surface area contributed by atoms with Crippen molar-refractivity contribution in [3.63, 3.8) is 0 Å². The molecule has 0 radical (unpaired) electrons. The number of methoxy groups -OCH3 is 1. The highest BCUT2D eigenvalue weighted by Gasteiger charge is 2.04. The number of ether oxygens (including phenoxy) is 1. The lowest BCUT2D eigenvalue weighted by Crippen LogP contribution is -1.82. The van der Waals surface area contributed by atoms with Crippen molar-refractivity contribution in [1.29, 1.82) is 0 Å². The zero-order valence-corrected chi connectivity index (χ0v) is 13.3. The predicted molar refractivity (Wildman–Crippen MR) is 92.9 cm³/mol. The number of aromatic amines is 2. The molecule has 2 heterocycles. The summed E-state index contributed by atoms with van der Waals surface area (Å²) in [5.74, 6) is 0.486. The van der Waals surface area contributed by atoms with Gasteiger partial charge in [0.1, 0.15) is 0 Å². The van der Waals surface area contributed by atoms with Crippen molar-refractivity contribution in [2.24, 2.45) is 0 Å². The number of aromatic hydroxyl groups is 3. The third-order valence-electron chi connectivity index (χ3n) is 3.70. The average Bonchev–Trinajstić information content (AvgIpc) is 3.12. The monoisotopic (exact) mass is 326 g/mol. The third kappa shape index (κ3) is 2.94. The molecule has 6 heteroatoms. The second-order valence-corrected chi connectivity index (χ2v) is 5.47. The number of benzene rings is 2. The van der Waals surface area contributed by atoms with Crippen molar-refractivity contribution in [2.45, 2.75) is 6.92 Å². The van der Waals surface area contributed by atoms with Gasteiger partial charge in [-0.2, -0.15) is 0 Å². The minimum absolute atomic E-state index is 0.0819. The number of phenols is 3. The van der Waals surface area contributed by atoms with Gasteiger partial charge in [-0.15, -0.1) is 0 Å². The molecule has 2 aromatic carbocycles. The minimum atomic E-state index is -0.0932. The summed E-state index contributed by atoms with van der Waals surface area (Å²) in [5, 5.41) is 29.6. The van der Waals surface area contributed by atoms with Crippen molar-refractivity contribution in [1.82, 2.24) is 9.97 Å². The standard InChI is InChI=1S/2C9H9NO2/c1-5-2-6-3-8(11)9(12)4-7(6)10-5;1-12-9-4-6-2-3-10-7(6)5-8(9)11/h2-4,10-12H,1H3;2-5,10-11H,1H3. The molecule has 6 nitrogen and oxygen atoms in total. The first-order valence-corrected chi connectivity index (χ1v) is 7.33. The molecule has 24 heavy (non-hydrogen) atoms. The van der Waals surface area contributed by atoms with Crippen LogP contribution >= 0.6 is 0 Å². The fraction of sp³-hybridized carbons (Fsp3) is 0.111. The van der Waals surface area contributed by atoms with Crippen molar-refractivity contribution in [3.05, 3.63) is 48.3 Å². The number of nitrogens with one attached hydrogen (secondary N) is 2. The van der Waals surface area contributed by atoms with Gasteiger partial charge in [0.25, 0.3) is 0 Å². The number of aryl methyl sites for hydroxylation is 1. The highest BCUT2D eigenvalue weighted by Crippen LogP contribution is 2.30. The van der Waals surface area contributed by atoms with Crippen LogP contribution in [-0.4, -0.2) is 32.4 Å². The topological polar surface area (TPSA) is 102 Å². The summed E-state index contributed by atoms with van der Waals surface area (Å²) >= 11 is 0. The van der Waals surface area contributed by atoms with Gasteiger partial charge in [0.05, 0.1) is 7.11 Å². The maximum absolute atomic E-state index is 9.38. The molecule has 0 fully saturated rings. The van der Waals surface area contributed by atoms with E-state index < -0.39 is 0 Å². The van der Waals surface area contributed by atoms with Gasteiger partial charge in [-0.05, 0) is 31.2 Å². The van der Waals surface area contributed by atoms with E-state index in [0.717, 1.165) is 27.5 Å². The molecule has 0 aliphatic carbocycles. The summed E-state index contributed by atoms with van der Waals surface area (Å²) in [7, 11) is 1.54. The van der Waals surface area contributed by atoms with E-state index in [1.165, 1.54) is 19.2 Å². The van der Waals surface area contributed by atoms with Crippen molar-refractivity contribution in [2.75, 3.05) is 7.11 Å². The Kier molecular flexibility index (Phi) is 3.95. The lowest BCUT2D eigenvalue weighted by Gasteiger charge is -2.02. The number of H-pyrrole nitrogens is 2. The van der Waals surface area contributed by atoms with E-state index in [4.69, 9.17) is 14.9 Å². The van der Waals surface area contributed by atoms with Gasteiger partial charge in [0.2, 0.25) is 0 Å². The van der Waals surface area contributed by atoms with E-state index >= 15 is 0 Å². The molecule has 5 N–H and O–H groups in total. The highest BCUT2D eigenvalue weighted by molar-refractivity contribution is 5.84. The van der Waals surface area contributed by atoms with Gasteiger partial charge in [-0.1, -0.05) is 0 Å². The minimum Gasteiger partial charge on any atom is -0.504 e. The van der Waals surface area contributed by atoms with Gasteiger partial charge in [0.15, 0.2) is 23.0 Å². The number of fused-ring (bicyclic) bond motifs is 2. The van der Waals surface area contributed by atoms with E-state index in [9.17, 15) is 5.11 Å². The average molecular weight is 326 g/mol. The number of rotatable bonds is 1. The molecule has 2 aromatic heterocycles. The van der Waals surface area contributed by atoms with E-state index in [2.05, 4.69) is 9.97 Å². The normalized spacial score (nSPS) is 10.6. The van der Waals surface area contributed by atoms with Gasteiger partial charge >= 0.3 is 0 Å². The summed E-state index contributed by atoms with van der Waals surface area (Å²) in [5.41, 5.74) is 2.76. The zero-order chi connectivity index (χ0) is 17.3. The lowest BCUT2D eigenvalue weighted by atomic mass is 10.2. The van der Waals surface area contributed by atoms with Crippen LogP contribution in [0.4, 0.5) is 0 Å². The molecule has 0 unspecified atom stereocenters. The summed E-state index contributed by atoms with van der Waals surface area (Å²) < 4.78 is 4.96. The molecule has 0 aliphatic rings. The fourth-order valence-electron chi connectivity index (χ4n) is 2.53. The lowest BCUT2D eigenvalue weighted by molar-refractivity contribution is 0.374. The van der Waals surface area contributed by atoms with Crippen LogP contribution in [0.3, 0.4) is 0 Å². The number of hydrogen-bond acceptors (Lipinski definition) is 4. The Morgan fingerprint density at radius 2 is 1.54 bits per heavy atom.